The zero-order chi connectivity index (χ0) is 20.3. The number of H-pyrrole nitrogens is 1. The van der Waals surface area contributed by atoms with Crippen molar-refractivity contribution in [1.82, 2.24) is 15.0 Å². The molecule has 11 heteroatoms. The summed E-state index contributed by atoms with van der Waals surface area (Å²) in [6.07, 6.45) is 1.44. The smallest absolute Gasteiger partial charge is 0.270 e. The van der Waals surface area contributed by atoms with Gasteiger partial charge in [0.1, 0.15) is 0 Å². The second-order valence-electron chi connectivity index (χ2n) is 5.80. The first-order valence-corrected chi connectivity index (χ1v) is 9.93. The Balaban J connectivity index is 1.62. The molecule has 146 valence electrons. The summed E-state index contributed by atoms with van der Waals surface area (Å²) in [4.78, 5) is 25.6. The number of aromatic nitrogens is 1. The van der Waals surface area contributed by atoms with Gasteiger partial charge in [-0.2, -0.15) is 0 Å². The van der Waals surface area contributed by atoms with E-state index in [4.69, 9.17) is 11.6 Å². The van der Waals surface area contributed by atoms with Gasteiger partial charge in [-0.15, -0.1) is 0 Å². The molecule has 28 heavy (non-hydrogen) atoms. The number of hydrogen-bond acceptors (Lipinski definition) is 5. The summed E-state index contributed by atoms with van der Waals surface area (Å²) in [6.45, 7) is -0.0106. The van der Waals surface area contributed by atoms with Crippen LogP contribution in [0, 0.1) is 10.1 Å². The minimum absolute atomic E-state index is 0.0234. The van der Waals surface area contributed by atoms with E-state index in [2.05, 4.69) is 15.0 Å². The number of sulfonamides is 1. The molecule has 3 aromatic rings. The van der Waals surface area contributed by atoms with Crippen LogP contribution in [0.3, 0.4) is 0 Å². The number of fused-ring (bicyclic) bond motifs is 1. The van der Waals surface area contributed by atoms with Crippen LogP contribution in [0.1, 0.15) is 10.4 Å². The lowest BCUT2D eigenvalue weighted by Crippen LogP contribution is -2.34. The van der Waals surface area contributed by atoms with Gasteiger partial charge in [0.2, 0.25) is 10.0 Å². The number of rotatable bonds is 7. The van der Waals surface area contributed by atoms with Gasteiger partial charge in [-0.25, -0.2) is 13.1 Å². The summed E-state index contributed by atoms with van der Waals surface area (Å²) in [6, 6.07) is 9.98. The molecule has 1 heterocycles. The number of carbonyl (C=O) groups excluding carboxylic acids is 1. The quantitative estimate of drug-likeness (QED) is 0.305. The van der Waals surface area contributed by atoms with Crippen LogP contribution in [0.5, 0.6) is 0 Å². The highest BCUT2D eigenvalue weighted by Crippen LogP contribution is 2.23. The molecule has 0 fully saturated rings. The summed E-state index contributed by atoms with van der Waals surface area (Å²) in [5.74, 6) is -0.478. The van der Waals surface area contributed by atoms with Crippen LogP contribution in [0.25, 0.3) is 10.9 Å². The van der Waals surface area contributed by atoms with E-state index in [9.17, 15) is 23.3 Å². The molecule has 2 aromatic carbocycles. The maximum absolute atomic E-state index is 12.3. The minimum atomic E-state index is -3.75. The minimum Gasteiger partial charge on any atom is -0.360 e. The average molecular weight is 423 g/mol. The molecule has 3 N–H and O–H groups in total. The largest absolute Gasteiger partial charge is 0.360 e. The predicted octanol–water partition coefficient (Wildman–Crippen LogP) is 2.44. The van der Waals surface area contributed by atoms with Crippen molar-refractivity contribution in [3.63, 3.8) is 0 Å². The van der Waals surface area contributed by atoms with Crippen molar-refractivity contribution in [3.8, 4) is 0 Å². The third kappa shape index (κ3) is 4.30. The van der Waals surface area contributed by atoms with Crippen LogP contribution in [0.4, 0.5) is 5.69 Å². The first-order valence-electron chi connectivity index (χ1n) is 8.07. The molecule has 0 bridgehead atoms. The Morgan fingerprint density at radius 1 is 1.18 bits per heavy atom. The number of hydrogen-bond donors (Lipinski definition) is 3. The number of carbonyl (C=O) groups is 1. The molecular weight excluding hydrogens is 408 g/mol. The van der Waals surface area contributed by atoms with Gasteiger partial charge in [-0.3, -0.25) is 14.9 Å². The predicted molar refractivity (Wildman–Crippen MR) is 104 cm³/mol. The van der Waals surface area contributed by atoms with Crippen molar-refractivity contribution >= 4 is 44.1 Å². The second kappa shape index (κ2) is 7.97. The number of nitro groups is 1. The summed E-state index contributed by atoms with van der Waals surface area (Å²) >= 11 is 5.79. The van der Waals surface area contributed by atoms with Crippen molar-refractivity contribution in [1.29, 1.82) is 0 Å². The Morgan fingerprint density at radius 2 is 1.96 bits per heavy atom. The van der Waals surface area contributed by atoms with Crippen molar-refractivity contribution < 1.29 is 18.1 Å². The van der Waals surface area contributed by atoms with Gasteiger partial charge >= 0.3 is 0 Å². The number of nitro benzene ring substituents is 1. The van der Waals surface area contributed by atoms with Gasteiger partial charge in [0.15, 0.2) is 0 Å². The highest BCUT2D eigenvalue weighted by atomic mass is 35.5. The molecule has 0 aliphatic carbocycles. The molecule has 1 aromatic heterocycles. The summed E-state index contributed by atoms with van der Waals surface area (Å²) in [7, 11) is -3.75. The van der Waals surface area contributed by atoms with Crippen LogP contribution in [-0.2, 0) is 10.0 Å². The molecule has 0 radical (unpaired) electrons. The van der Waals surface area contributed by atoms with Gasteiger partial charge in [-0.05, 0) is 24.3 Å². The number of halogens is 1. The van der Waals surface area contributed by atoms with Gasteiger partial charge < -0.3 is 10.3 Å². The maximum atomic E-state index is 12.3. The molecule has 0 spiro atoms. The standard InChI is InChI=1S/C17H15ClN4O5S/c18-11-2-1-3-13(8-11)28(26,27)21-7-6-19-17(23)15-10-20-16-5-4-12(22(24)25)9-14(15)16/h1-5,8-10,20-21H,6-7H2,(H,19,23). The molecular formula is C17H15ClN4O5S. The Morgan fingerprint density at radius 3 is 2.68 bits per heavy atom. The SMILES string of the molecule is O=C(NCCNS(=O)(=O)c1cccc(Cl)c1)c1c[nH]c2ccc([N+](=O)[O-])cc12. The highest BCUT2D eigenvalue weighted by Gasteiger charge is 2.16. The van der Waals surface area contributed by atoms with Crippen LogP contribution in [0.2, 0.25) is 5.02 Å². The molecule has 0 unspecified atom stereocenters. The Labute approximate surface area is 164 Å². The summed E-state index contributed by atoms with van der Waals surface area (Å²) in [5.41, 5.74) is 0.684. The number of aromatic amines is 1. The van der Waals surface area contributed by atoms with Crippen LogP contribution >= 0.6 is 11.6 Å². The average Bonchev–Trinajstić information content (AvgIpc) is 3.08. The third-order valence-corrected chi connectivity index (χ3v) is 5.62. The van der Waals surface area contributed by atoms with Gasteiger partial charge in [0, 0.05) is 47.3 Å². The Kier molecular flexibility index (Phi) is 5.63. The molecule has 0 atom stereocenters. The molecule has 0 aliphatic rings. The van der Waals surface area contributed by atoms with Crippen LogP contribution in [-0.4, -0.2) is 37.3 Å². The Bertz CT molecular complexity index is 1160. The van der Waals surface area contributed by atoms with Crippen molar-refractivity contribution in [3.05, 3.63) is 69.4 Å². The number of nitrogens with zero attached hydrogens (tertiary/aromatic N) is 1. The zero-order valence-electron chi connectivity index (χ0n) is 14.3. The van der Waals surface area contributed by atoms with E-state index in [1.54, 1.807) is 6.07 Å². The lowest BCUT2D eigenvalue weighted by Gasteiger charge is -2.08. The topological polar surface area (TPSA) is 134 Å². The van der Waals surface area contributed by atoms with E-state index >= 15 is 0 Å². The van der Waals surface area contributed by atoms with Gasteiger partial charge in [-0.1, -0.05) is 17.7 Å². The number of amides is 1. The third-order valence-electron chi connectivity index (χ3n) is 3.93. The number of nitrogens with one attached hydrogen (secondary N) is 3. The van der Waals surface area contributed by atoms with E-state index in [0.717, 1.165) is 0 Å². The van der Waals surface area contributed by atoms with Crippen LogP contribution in [0.15, 0.2) is 53.6 Å². The van der Waals surface area contributed by atoms with E-state index in [1.165, 1.54) is 42.6 Å². The van der Waals surface area contributed by atoms with E-state index in [0.29, 0.717) is 15.9 Å². The molecule has 0 saturated heterocycles. The lowest BCUT2D eigenvalue weighted by molar-refractivity contribution is -0.384. The fourth-order valence-corrected chi connectivity index (χ4v) is 3.92. The van der Waals surface area contributed by atoms with E-state index in [-0.39, 0.29) is 29.2 Å². The maximum Gasteiger partial charge on any atom is 0.270 e. The fraction of sp³-hybridized carbons (Fsp3) is 0.118. The van der Waals surface area contributed by atoms with Crippen molar-refractivity contribution in [2.45, 2.75) is 4.90 Å². The highest BCUT2D eigenvalue weighted by molar-refractivity contribution is 7.89. The van der Waals surface area contributed by atoms with E-state index < -0.39 is 20.9 Å². The van der Waals surface area contributed by atoms with Gasteiger partial charge in [0.05, 0.1) is 15.4 Å². The molecule has 0 aliphatic heterocycles. The molecule has 9 nitrogen and oxygen atoms in total. The zero-order valence-corrected chi connectivity index (χ0v) is 15.9. The number of benzene rings is 2. The lowest BCUT2D eigenvalue weighted by atomic mass is 10.1. The molecule has 0 saturated carbocycles. The fourth-order valence-electron chi connectivity index (χ4n) is 2.58. The van der Waals surface area contributed by atoms with Gasteiger partial charge in [0.25, 0.3) is 11.6 Å². The first-order chi connectivity index (χ1) is 13.3. The van der Waals surface area contributed by atoms with E-state index in [1.807, 2.05) is 0 Å². The van der Waals surface area contributed by atoms with Crippen LogP contribution < -0.4 is 10.0 Å². The first kappa shape index (κ1) is 19.8. The molecule has 1 amide bonds. The normalized spacial score (nSPS) is 11.5. The van der Waals surface area contributed by atoms with Crippen molar-refractivity contribution in [2.24, 2.45) is 0 Å². The monoisotopic (exact) mass is 422 g/mol. The molecule has 3 rings (SSSR count). The number of non-ortho nitro benzene ring substituents is 1. The van der Waals surface area contributed by atoms with Crippen molar-refractivity contribution in [2.75, 3.05) is 13.1 Å². The Hall–Kier alpha value is -2.95. The second-order valence-corrected chi connectivity index (χ2v) is 8.00. The summed E-state index contributed by atoms with van der Waals surface area (Å²) in [5, 5.41) is 14.2. The summed E-state index contributed by atoms with van der Waals surface area (Å²) < 4.78 is 26.7.